The van der Waals surface area contributed by atoms with Crippen LogP contribution in [-0.2, 0) is 9.59 Å². The van der Waals surface area contributed by atoms with E-state index in [9.17, 15) is 19.7 Å². The number of rotatable bonds is 9. The minimum absolute atomic E-state index is 0.0464. The number of carbonyl (C=O) groups is 2. The summed E-state index contributed by atoms with van der Waals surface area (Å²) >= 11 is 6.06. The lowest BCUT2D eigenvalue weighted by atomic mass is 10.2. The second kappa shape index (κ2) is 10.7. The molecule has 1 atom stereocenters. The number of nitrogens with zero attached hydrogens (tertiary/aromatic N) is 2. The highest BCUT2D eigenvalue weighted by Gasteiger charge is 2.24. The normalized spacial score (nSPS) is 11.8. The van der Waals surface area contributed by atoms with Gasteiger partial charge in [-0.1, -0.05) is 36.7 Å². The van der Waals surface area contributed by atoms with Crippen molar-refractivity contribution in [3.8, 4) is 0 Å². The first-order valence-corrected chi connectivity index (χ1v) is 9.95. The van der Waals surface area contributed by atoms with Gasteiger partial charge in [0.2, 0.25) is 11.8 Å². The van der Waals surface area contributed by atoms with E-state index < -0.39 is 11.0 Å². The molecule has 2 rings (SSSR count). The third-order valence-corrected chi connectivity index (χ3v) is 4.94. The molecule has 2 N–H and O–H groups in total. The summed E-state index contributed by atoms with van der Waals surface area (Å²) in [5.74, 6) is -0.575. The van der Waals surface area contributed by atoms with E-state index in [0.717, 1.165) is 17.7 Å². The molecule has 9 heteroatoms. The number of nitro groups is 1. The van der Waals surface area contributed by atoms with Gasteiger partial charge in [-0.2, -0.15) is 0 Å². The van der Waals surface area contributed by atoms with Crippen LogP contribution in [0, 0.1) is 17.0 Å². The first-order valence-electron chi connectivity index (χ1n) is 9.57. The van der Waals surface area contributed by atoms with Crippen LogP contribution in [0.15, 0.2) is 42.5 Å². The van der Waals surface area contributed by atoms with Gasteiger partial charge in [0.05, 0.1) is 28.2 Å². The summed E-state index contributed by atoms with van der Waals surface area (Å²) in [6.45, 7) is 6.16. The van der Waals surface area contributed by atoms with E-state index in [2.05, 4.69) is 10.6 Å². The molecule has 0 radical (unpaired) electrons. The zero-order valence-electron chi connectivity index (χ0n) is 17.1. The number of carbonyl (C=O) groups excluding carboxylic acids is 2. The average Bonchev–Trinajstić information content (AvgIpc) is 2.70. The number of amides is 2. The van der Waals surface area contributed by atoms with E-state index in [4.69, 9.17) is 11.6 Å². The van der Waals surface area contributed by atoms with Crippen LogP contribution in [0.2, 0.25) is 5.02 Å². The fraction of sp³-hybridized carbons (Fsp3) is 0.333. The van der Waals surface area contributed by atoms with Gasteiger partial charge < -0.3 is 10.6 Å². The quantitative estimate of drug-likeness (QED) is 0.455. The van der Waals surface area contributed by atoms with E-state index in [0.29, 0.717) is 6.54 Å². The van der Waals surface area contributed by atoms with E-state index in [1.807, 2.05) is 38.1 Å². The molecular weight excluding hydrogens is 408 g/mol. The first-order chi connectivity index (χ1) is 14.2. The Morgan fingerprint density at radius 2 is 1.87 bits per heavy atom. The number of nitro benzene ring substituents is 1. The fourth-order valence-corrected chi connectivity index (χ4v) is 3.13. The van der Waals surface area contributed by atoms with Gasteiger partial charge in [-0.05, 0) is 44.5 Å². The zero-order chi connectivity index (χ0) is 22.3. The van der Waals surface area contributed by atoms with Gasteiger partial charge in [0.1, 0.15) is 0 Å². The molecular formula is C21H25ClN4O4. The van der Waals surface area contributed by atoms with Crippen LogP contribution in [0.5, 0.6) is 0 Å². The van der Waals surface area contributed by atoms with Crippen molar-refractivity contribution < 1.29 is 14.5 Å². The number of aryl methyl sites for hydroxylation is 1. The van der Waals surface area contributed by atoms with Gasteiger partial charge in [-0.3, -0.25) is 24.6 Å². The molecule has 0 saturated heterocycles. The maximum Gasteiger partial charge on any atom is 0.271 e. The lowest BCUT2D eigenvalue weighted by molar-refractivity contribution is -0.384. The van der Waals surface area contributed by atoms with Gasteiger partial charge in [0, 0.05) is 17.8 Å². The third kappa shape index (κ3) is 6.27. The smallest absolute Gasteiger partial charge is 0.271 e. The molecule has 0 spiro atoms. The van der Waals surface area contributed by atoms with Crippen LogP contribution in [-0.4, -0.2) is 40.8 Å². The largest absolute Gasteiger partial charge is 0.325 e. The number of hydrogen-bond acceptors (Lipinski definition) is 5. The van der Waals surface area contributed by atoms with Crippen molar-refractivity contribution in [2.24, 2.45) is 0 Å². The van der Waals surface area contributed by atoms with Crippen LogP contribution in [0.4, 0.5) is 17.1 Å². The molecule has 0 fully saturated rings. The molecule has 2 aromatic carbocycles. The minimum atomic E-state index is -0.612. The molecule has 0 saturated carbocycles. The summed E-state index contributed by atoms with van der Waals surface area (Å²) < 4.78 is 0. The molecule has 0 aromatic heterocycles. The van der Waals surface area contributed by atoms with Gasteiger partial charge >= 0.3 is 0 Å². The van der Waals surface area contributed by atoms with E-state index in [1.165, 1.54) is 18.2 Å². The van der Waals surface area contributed by atoms with Gasteiger partial charge in [0.15, 0.2) is 0 Å². The SMILES string of the molecule is CCCN(CC(=O)Nc1ccccc1C)C(C)C(=O)Nc1ccc([N+](=O)[O-])cc1Cl. The van der Waals surface area contributed by atoms with Crippen molar-refractivity contribution in [3.63, 3.8) is 0 Å². The number of halogens is 1. The summed E-state index contributed by atoms with van der Waals surface area (Å²) in [6.07, 6.45) is 0.757. The molecule has 160 valence electrons. The Labute approximate surface area is 180 Å². The van der Waals surface area contributed by atoms with Crippen LogP contribution < -0.4 is 10.6 Å². The van der Waals surface area contributed by atoms with Crippen molar-refractivity contribution >= 4 is 40.5 Å². The lowest BCUT2D eigenvalue weighted by Gasteiger charge is -2.27. The number of nitrogens with one attached hydrogen (secondary N) is 2. The van der Waals surface area contributed by atoms with Gasteiger partial charge in [0.25, 0.3) is 5.69 Å². The molecule has 2 amide bonds. The van der Waals surface area contributed by atoms with Gasteiger partial charge in [-0.25, -0.2) is 0 Å². The second-order valence-corrected chi connectivity index (χ2v) is 7.33. The monoisotopic (exact) mass is 432 g/mol. The Bertz CT molecular complexity index is 935. The molecule has 0 aliphatic rings. The molecule has 0 aliphatic heterocycles. The summed E-state index contributed by atoms with van der Waals surface area (Å²) in [5, 5.41) is 16.5. The molecule has 0 aliphatic carbocycles. The molecule has 8 nitrogen and oxygen atoms in total. The van der Waals surface area contributed by atoms with Crippen LogP contribution in [0.1, 0.15) is 25.8 Å². The molecule has 0 heterocycles. The Morgan fingerprint density at radius 1 is 1.17 bits per heavy atom. The van der Waals surface area contributed by atoms with Crippen molar-refractivity contribution in [2.45, 2.75) is 33.2 Å². The third-order valence-electron chi connectivity index (χ3n) is 4.63. The fourth-order valence-electron chi connectivity index (χ4n) is 2.91. The number of para-hydroxylation sites is 1. The Morgan fingerprint density at radius 3 is 2.47 bits per heavy atom. The topological polar surface area (TPSA) is 105 Å². The predicted octanol–water partition coefficient (Wildman–Crippen LogP) is 4.23. The molecule has 1 unspecified atom stereocenters. The molecule has 2 aromatic rings. The maximum atomic E-state index is 12.7. The maximum absolute atomic E-state index is 12.7. The Hall–Kier alpha value is -2.97. The second-order valence-electron chi connectivity index (χ2n) is 6.92. The van der Waals surface area contributed by atoms with Crippen molar-refractivity contribution in [2.75, 3.05) is 23.7 Å². The van der Waals surface area contributed by atoms with E-state index in [-0.39, 0.29) is 34.8 Å². The first kappa shape index (κ1) is 23.3. The number of anilines is 2. The average molecular weight is 433 g/mol. The minimum Gasteiger partial charge on any atom is -0.325 e. The number of hydrogen-bond donors (Lipinski definition) is 2. The van der Waals surface area contributed by atoms with Crippen LogP contribution in [0.25, 0.3) is 0 Å². The van der Waals surface area contributed by atoms with E-state index >= 15 is 0 Å². The van der Waals surface area contributed by atoms with Gasteiger partial charge in [-0.15, -0.1) is 0 Å². The molecule has 30 heavy (non-hydrogen) atoms. The van der Waals surface area contributed by atoms with Crippen LogP contribution >= 0.6 is 11.6 Å². The highest BCUT2D eigenvalue weighted by atomic mass is 35.5. The van der Waals surface area contributed by atoms with Crippen molar-refractivity contribution in [3.05, 3.63) is 63.2 Å². The van der Waals surface area contributed by atoms with Crippen molar-refractivity contribution in [1.82, 2.24) is 4.90 Å². The number of non-ortho nitro benzene ring substituents is 1. The highest BCUT2D eigenvalue weighted by molar-refractivity contribution is 6.34. The lowest BCUT2D eigenvalue weighted by Crippen LogP contribution is -2.46. The van der Waals surface area contributed by atoms with Crippen LogP contribution in [0.3, 0.4) is 0 Å². The zero-order valence-corrected chi connectivity index (χ0v) is 17.9. The Balaban J connectivity index is 2.05. The predicted molar refractivity (Wildman–Crippen MR) is 118 cm³/mol. The Kier molecular flexibility index (Phi) is 8.32. The summed E-state index contributed by atoms with van der Waals surface area (Å²) in [6, 6.07) is 10.7. The summed E-state index contributed by atoms with van der Waals surface area (Å²) in [5.41, 5.74) is 1.80. The summed E-state index contributed by atoms with van der Waals surface area (Å²) in [7, 11) is 0. The summed E-state index contributed by atoms with van der Waals surface area (Å²) in [4.78, 5) is 37.3. The highest BCUT2D eigenvalue weighted by Crippen LogP contribution is 2.27. The number of benzene rings is 2. The standard InChI is InChI=1S/C21H25ClN4O4/c1-4-11-25(13-20(27)23-18-8-6-5-7-14(18)2)15(3)21(28)24-19-10-9-16(26(29)30)12-17(19)22/h5-10,12,15H,4,11,13H2,1-3H3,(H,23,27)(H,24,28). The van der Waals surface area contributed by atoms with E-state index in [1.54, 1.807) is 11.8 Å². The molecule has 0 bridgehead atoms. The van der Waals surface area contributed by atoms with Crippen molar-refractivity contribution in [1.29, 1.82) is 0 Å².